The van der Waals surface area contributed by atoms with E-state index in [2.05, 4.69) is 17.6 Å². The van der Waals surface area contributed by atoms with Crippen LogP contribution in [0.5, 0.6) is 0 Å². The number of nitrogens with one attached hydrogen (secondary N) is 2. The summed E-state index contributed by atoms with van der Waals surface area (Å²) in [6.07, 6.45) is 19.5. The van der Waals surface area contributed by atoms with E-state index in [0.29, 0.717) is 24.1 Å². The Morgan fingerprint density at radius 1 is 0.893 bits per heavy atom. The number of aliphatic hydroxyl groups excluding tert-OH is 1. The molecule has 0 aliphatic heterocycles. The van der Waals surface area contributed by atoms with Crippen LogP contribution in [0.25, 0.3) is 0 Å². The predicted molar refractivity (Wildman–Crippen MR) is 107 cm³/mol. The second kappa shape index (κ2) is 13.1. The van der Waals surface area contributed by atoms with Crippen LogP contribution in [0.2, 0.25) is 0 Å². The molecule has 0 saturated carbocycles. The first-order valence-corrected chi connectivity index (χ1v) is 9.22. The fourth-order valence-corrected chi connectivity index (χ4v) is 2.73. The molecule has 28 heavy (non-hydrogen) atoms. The molecule has 2 rings (SSSR count). The second-order valence-corrected chi connectivity index (χ2v) is 6.59. The zero-order valence-corrected chi connectivity index (χ0v) is 16.8. The molecular weight excluding hydrogens is 399 g/mol. The Morgan fingerprint density at radius 3 is 2.04 bits per heavy atom. The van der Waals surface area contributed by atoms with Crippen molar-refractivity contribution < 1.29 is 31.5 Å². The number of rotatable bonds is 10. The topological polar surface area (TPSA) is 78.4 Å². The van der Waals surface area contributed by atoms with Gasteiger partial charge < -0.3 is 22.7 Å². The minimum atomic E-state index is -0.0288. The number of aliphatic hydroxyl groups is 1. The largest absolute Gasteiger partial charge is 0.396 e. The molecular formula is C22H27CoN2O3-. The molecule has 3 N–H and O–H groups in total. The molecule has 0 amide bonds. The van der Waals surface area contributed by atoms with E-state index >= 15 is 0 Å². The number of allylic oxidation sites excluding steroid dienone is 10. The Labute approximate surface area is 177 Å². The van der Waals surface area contributed by atoms with E-state index in [4.69, 9.17) is 5.11 Å². The summed E-state index contributed by atoms with van der Waals surface area (Å²) in [5, 5.41) is 15.5. The third-order valence-electron chi connectivity index (χ3n) is 4.40. The van der Waals surface area contributed by atoms with Gasteiger partial charge in [-0.15, -0.1) is 0 Å². The summed E-state index contributed by atoms with van der Waals surface area (Å²) in [5.41, 5.74) is 1.22. The van der Waals surface area contributed by atoms with Gasteiger partial charge in [-0.1, -0.05) is 37.1 Å². The minimum Gasteiger partial charge on any atom is -0.396 e. The van der Waals surface area contributed by atoms with Gasteiger partial charge in [-0.2, -0.15) is 5.92 Å². The minimum absolute atomic E-state index is 0. The molecule has 5 nitrogen and oxygen atoms in total. The summed E-state index contributed by atoms with van der Waals surface area (Å²) < 4.78 is 0. The molecule has 0 fully saturated rings. The zero-order valence-electron chi connectivity index (χ0n) is 15.8. The zero-order chi connectivity index (χ0) is 19.5. The molecule has 6 heteroatoms. The van der Waals surface area contributed by atoms with Gasteiger partial charge in [0, 0.05) is 59.5 Å². The van der Waals surface area contributed by atoms with Gasteiger partial charge in [0.2, 0.25) is 0 Å². The van der Waals surface area contributed by atoms with Crippen LogP contribution in [0.3, 0.4) is 0 Å². The maximum absolute atomic E-state index is 11.9. The standard InChI is InChI=1S/C22H27N2O3.Co/c1-17(12-13-25)10-11-20(24-15-19-7-3-5-9-22(19)27)16-23-14-18-6-2-4-8-21(18)26;/h2-9,14-15,17,20,23-25H,1,10-13,16H2;/q-1;/b18-14-,19-15-;. The van der Waals surface area contributed by atoms with Gasteiger partial charge in [0.25, 0.3) is 0 Å². The van der Waals surface area contributed by atoms with E-state index in [-0.39, 0.29) is 46.9 Å². The van der Waals surface area contributed by atoms with Crippen molar-refractivity contribution in [3.05, 3.63) is 79.1 Å². The molecule has 2 aliphatic carbocycles. The summed E-state index contributed by atoms with van der Waals surface area (Å²) in [6, 6.07) is 0.0580. The van der Waals surface area contributed by atoms with Gasteiger partial charge in [-0.25, -0.2) is 0 Å². The molecule has 0 aromatic carbocycles. The van der Waals surface area contributed by atoms with Crippen molar-refractivity contribution in [2.45, 2.75) is 25.3 Å². The fraction of sp³-hybridized carbons (Fsp3) is 0.318. The van der Waals surface area contributed by atoms with Crippen LogP contribution in [0.15, 0.2) is 72.2 Å². The van der Waals surface area contributed by atoms with Crippen LogP contribution in [0.1, 0.15) is 19.3 Å². The normalized spacial score (nSPS) is 20.4. The first kappa shape index (κ1) is 23.9. The molecule has 0 aromatic heterocycles. The third kappa shape index (κ3) is 8.25. The Kier molecular flexibility index (Phi) is 11.2. The Bertz CT molecular complexity index is 717. The van der Waals surface area contributed by atoms with Crippen LogP contribution in [-0.2, 0) is 26.4 Å². The molecule has 0 heterocycles. The number of hydrogen-bond acceptors (Lipinski definition) is 5. The van der Waals surface area contributed by atoms with Crippen LogP contribution in [-0.4, -0.2) is 35.9 Å². The molecule has 1 radical (unpaired) electrons. The summed E-state index contributed by atoms with van der Waals surface area (Å²) >= 11 is 0. The first-order chi connectivity index (χ1) is 13.1. The second-order valence-electron chi connectivity index (χ2n) is 6.59. The van der Waals surface area contributed by atoms with Crippen LogP contribution < -0.4 is 10.6 Å². The van der Waals surface area contributed by atoms with Crippen LogP contribution >= 0.6 is 0 Å². The summed E-state index contributed by atoms with van der Waals surface area (Å²) in [5.74, 6) is 0.124. The van der Waals surface area contributed by atoms with Gasteiger partial charge >= 0.3 is 0 Å². The van der Waals surface area contributed by atoms with Gasteiger partial charge in [-0.05, 0) is 30.7 Å². The number of carbonyl (C=O) groups excluding carboxylic acids is 2. The van der Waals surface area contributed by atoms with E-state index in [0.717, 1.165) is 12.8 Å². The van der Waals surface area contributed by atoms with Gasteiger partial charge in [0.1, 0.15) is 0 Å². The van der Waals surface area contributed by atoms with Crippen molar-refractivity contribution in [2.75, 3.05) is 13.2 Å². The Morgan fingerprint density at radius 2 is 1.46 bits per heavy atom. The van der Waals surface area contributed by atoms with Crippen molar-refractivity contribution in [1.82, 2.24) is 10.6 Å². The maximum Gasteiger partial charge on any atom is 0.187 e. The van der Waals surface area contributed by atoms with Gasteiger partial charge in [-0.3, -0.25) is 9.59 Å². The SMILES string of the molecule is [CH2-]C(CCO)CCC(CN/C=C1/C=CC=CC1=O)N/C=C1/C=CC=CC1=O.[Co]. The Hall–Kier alpha value is -2.15. The third-order valence-corrected chi connectivity index (χ3v) is 4.40. The van der Waals surface area contributed by atoms with Crippen LogP contribution in [0.4, 0.5) is 0 Å². The molecule has 0 spiro atoms. The molecule has 0 aromatic rings. The maximum atomic E-state index is 11.9. The number of carbonyl (C=O) groups is 2. The molecule has 0 bridgehead atoms. The van der Waals surface area contributed by atoms with Crippen molar-refractivity contribution >= 4 is 11.6 Å². The van der Waals surface area contributed by atoms with E-state index in [1.807, 2.05) is 12.2 Å². The van der Waals surface area contributed by atoms with Crippen molar-refractivity contribution in [3.63, 3.8) is 0 Å². The molecule has 2 unspecified atom stereocenters. The van der Waals surface area contributed by atoms with E-state index in [1.165, 1.54) is 12.2 Å². The van der Waals surface area contributed by atoms with E-state index in [9.17, 15) is 9.59 Å². The summed E-state index contributed by atoms with van der Waals surface area (Å²) in [6.45, 7) is 4.78. The van der Waals surface area contributed by atoms with Crippen molar-refractivity contribution in [2.24, 2.45) is 5.92 Å². The molecule has 0 saturated heterocycles. The molecule has 2 aliphatic rings. The fourth-order valence-electron chi connectivity index (χ4n) is 2.73. The summed E-state index contributed by atoms with van der Waals surface area (Å²) in [4.78, 5) is 23.6. The predicted octanol–water partition coefficient (Wildman–Crippen LogP) is 2.30. The number of ketones is 2. The summed E-state index contributed by atoms with van der Waals surface area (Å²) in [7, 11) is 0. The molecule has 2 atom stereocenters. The van der Waals surface area contributed by atoms with Crippen molar-refractivity contribution in [3.8, 4) is 0 Å². The number of hydrogen-bond donors (Lipinski definition) is 3. The Balaban J connectivity index is 0.00000392. The average Bonchev–Trinajstić information content (AvgIpc) is 2.66. The van der Waals surface area contributed by atoms with Crippen LogP contribution in [0, 0.1) is 12.8 Å². The molecule has 153 valence electrons. The van der Waals surface area contributed by atoms with Gasteiger partial charge in [0.15, 0.2) is 11.6 Å². The van der Waals surface area contributed by atoms with Crippen molar-refractivity contribution in [1.29, 1.82) is 0 Å². The average molecular weight is 426 g/mol. The smallest absolute Gasteiger partial charge is 0.187 e. The quantitative estimate of drug-likeness (QED) is 0.369. The first-order valence-electron chi connectivity index (χ1n) is 9.22. The van der Waals surface area contributed by atoms with E-state index in [1.54, 1.807) is 36.7 Å². The van der Waals surface area contributed by atoms with E-state index < -0.39 is 0 Å². The van der Waals surface area contributed by atoms with Gasteiger partial charge in [0.05, 0.1) is 0 Å². The monoisotopic (exact) mass is 426 g/mol.